The van der Waals surface area contributed by atoms with E-state index in [1.807, 2.05) is 12.1 Å². The maximum atomic E-state index is 10.7. The van der Waals surface area contributed by atoms with E-state index < -0.39 is 0 Å². The number of nitrogens with zero attached hydrogens (tertiary/aromatic N) is 1. The van der Waals surface area contributed by atoms with E-state index in [1.165, 1.54) is 0 Å². The Balaban J connectivity index is 2.48. The van der Waals surface area contributed by atoms with E-state index in [-0.39, 0.29) is 5.82 Å². The lowest BCUT2D eigenvalue weighted by Gasteiger charge is -2.03. The molecule has 0 amide bonds. The van der Waals surface area contributed by atoms with Gasteiger partial charge in [0, 0.05) is 16.8 Å². The van der Waals surface area contributed by atoms with Crippen molar-refractivity contribution in [1.29, 1.82) is 0 Å². The molecule has 1 aromatic heterocycles. The van der Waals surface area contributed by atoms with Crippen molar-refractivity contribution in [3.05, 3.63) is 47.1 Å². The Morgan fingerprint density at radius 1 is 1.19 bits per heavy atom. The number of aldehydes is 1. The summed E-state index contributed by atoms with van der Waals surface area (Å²) in [5.41, 5.74) is 7.72. The van der Waals surface area contributed by atoms with Crippen molar-refractivity contribution in [3.63, 3.8) is 0 Å². The first kappa shape index (κ1) is 10.6. The molecule has 0 unspecified atom stereocenters. The fourth-order valence-electron chi connectivity index (χ4n) is 1.39. The quantitative estimate of drug-likeness (QED) is 0.810. The van der Waals surface area contributed by atoms with E-state index in [0.29, 0.717) is 16.9 Å². The molecule has 0 aliphatic rings. The van der Waals surface area contributed by atoms with E-state index in [2.05, 4.69) is 4.98 Å². The van der Waals surface area contributed by atoms with Gasteiger partial charge in [-0.2, -0.15) is 0 Å². The Bertz CT molecular complexity index is 523. The number of halogens is 1. The maximum absolute atomic E-state index is 10.7. The highest BCUT2D eigenvalue weighted by molar-refractivity contribution is 6.30. The van der Waals surface area contributed by atoms with Crippen LogP contribution in [-0.4, -0.2) is 11.3 Å². The molecule has 80 valence electrons. The van der Waals surface area contributed by atoms with Gasteiger partial charge in [-0.1, -0.05) is 23.7 Å². The predicted octanol–water partition coefficient (Wildman–Crippen LogP) is 2.80. The molecule has 16 heavy (non-hydrogen) atoms. The lowest BCUT2D eigenvalue weighted by Crippen LogP contribution is -1.96. The largest absolute Gasteiger partial charge is 0.383 e. The first-order chi connectivity index (χ1) is 7.70. The Morgan fingerprint density at radius 2 is 1.88 bits per heavy atom. The van der Waals surface area contributed by atoms with Gasteiger partial charge in [-0.25, -0.2) is 4.98 Å². The summed E-state index contributed by atoms with van der Waals surface area (Å²) in [6.07, 6.45) is 2.33. The van der Waals surface area contributed by atoms with Gasteiger partial charge in [-0.15, -0.1) is 0 Å². The Kier molecular flexibility index (Phi) is 2.88. The van der Waals surface area contributed by atoms with Crippen molar-refractivity contribution < 1.29 is 4.79 Å². The molecule has 0 fully saturated rings. The Morgan fingerprint density at radius 3 is 2.50 bits per heavy atom. The van der Waals surface area contributed by atoms with Crippen molar-refractivity contribution in [3.8, 4) is 11.1 Å². The Hall–Kier alpha value is -1.87. The van der Waals surface area contributed by atoms with E-state index in [9.17, 15) is 4.79 Å². The van der Waals surface area contributed by atoms with Crippen LogP contribution in [0.25, 0.3) is 11.1 Å². The van der Waals surface area contributed by atoms with Gasteiger partial charge in [0.25, 0.3) is 0 Å². The minimum absolute atomic E-state index is 0.243. The molecule has 0 atom stereocenters. The van der Waals surface area contributed by atoms with Gasteiger partial charge in [0.15, 0.2) is 6.29 Å². The minimum atomic E-state index is 0.243. The molecular formula is C12H9ClN2O. The number of benzene rings is 1. The fourth-order valence-corrected chi connectivity index (χ4v) is 1.51. The summed E-state index contributed by atoms with van der Waals surface area (Å²) in [5, 5.41) is 0.669. The molecule has 1 aromatic carbocycles. The van der Waals surface area contributed by atoms with Crippen LogP contribution in [-0.2, 0) is 0 Å². The molecule has 0 aliphatic carbocycles. The van der Waals surface area contributed by atoms with E-state index in [0.717, 1.165) is 11.1 Å². The van der Waals surface area contributed by atoms with Crippen molar-refractivity contribution >= 4 is 23.7 Å². The number of carbonyl (C=O) groups is 1. The molecule has 0 saturated heterocycles. The zero-order chi connectivity index (χ0) is 11.5. The van der Waals surface area contributed by atoms with E-state index >= 15 is 0 Å². The molecule has 0 saturated carbocycles. The molecule has 0 aliphatic heterocycles. The van der Waals surface area contributed by atoms with Crippen LogP contribution in [0.4, 0.5) is 5.82 Å². The highest BCUT2D eigenvalue weighted by Gasteiger charge is 2.03. The van der Waals surface area contributed by atoms with Gasteiger partial charge in [0.1, 0.15) is 5.82 Å². The number of hydrogen-bond donors (Lipinski definition) is 1. The summed E-state index contributed by atoms with van der Waals surface area (Å²) in [6, 6.07) is 9.01. The van der Waals surface area contributed by atoms with Gasteiger partial charge < -0.3 is 5.73 Å². The molecule has 0 spiro atoms. The third-order valence-electron chi connectivity index (χ3n) is 2.25. The molecule has 1 heterocycles. The maximum Gasteiger partial charge on any atom is 0.153 e. The van der Waals surface area contributed by atoms with Crippen LogP contribution in [0.5, 0.6) is 0 Å². The Labute approximate surface area is 97.9 Å². The molecule has 0 bridgehead atoms. The molecular weight excluding hydrogens is 224 g/mol. The van der Waals surface area contributed by atoms with Crippen LogP contribution in [0.1, 0.15) is 10.4 Å². The summed E-state index contributed by atoms with van der Waals surface area (Å²) in [7, 11) is 0. The van der Waals surface area contributed by atoms with Crippen molar-refractivity contribution in [1.82, 2.24) is 4.98 Å². The lowest BCUT2D eigenvalue weighted by molar-refractivity contribution is 0.112. The van der Waals surface area contributed by atoms with Gasteiger partial charge in [-0.3, -0.25) is 4.79 Å². The average Bonchev–Trinajstić information content (AvgIpc) is 2.31. The highest BCUT2D eigenvalue weighted by atomic mass is 35.5. The second-order valence-electron chi connectivity index (χ2n) is 3.32. The number of pyridine rings is 1. The summed E-state index contributed by atoms with van der Waals surface area (Å²) < 4.78 is 0. The smallest absolute Gasteiger partial charge is 0.153 e. The first-order valence-corrected chi connectivity index (χ1v) is 5.05. The number of nitrogen functional groups attached to an aromatic ring is 1. The molecule has 4 heteroatoms. The summed E-state index contributed by atoms with van der Waals surface area (Å²) in [4.78, 5) is 14.7. The predicted molar refractivity (Wildman–Crippen MR) is 64.5 cm³/mol. The van der Waals surface area contributed by atoms with Gasteiger partial charge in [-0.05, 0) is 23.8 Å². The molecule has 2 N–H and O–H groups in total. The molecule has 3 nitrogen and oxygen atoms in total. The van der Waals surface area contributed by atoms with Crippen LogP contribution in [0, 0.1) is 0 Å². The van der Waals surface area contributed by atoms with Crippen LogP contribution in [0.15, 0.2) is 36.5 Å². The number of anilines is 1. The van der Waals surface area contributed by atoms with E-state index in [4.69, 9.17) is 17.3 Å². The normalized spacial score (nSPS) is 10.1. The standard InChI is InChI=1S/C12H9ClN2O/c13-11-3-1-8(2-4-11)9-5-10(7-16)12(14)15-6-9/h1-7H,(H2,14,15). The average molecular weight is 233 g/mol. The lowest BCUT2D eigenvalue weighted by atomic mass is 10.1. The van der Waals surface area contributed by atoms with Gasteiger partial charge >= 0.3 is 0 Å². The zero-order valence-electron chi connectivity index (χ0n) is 8.35. The number of hydrogen-bond acceptors (Lipinski definition) is 3. The second kappa shape index (κ2) is 4.33. The van der Waals surface area contributed by atoms with Crippen LogP contribution >= 0.6 is 11.6 Å². The third kappa shape index (κ3) is 2.04. The van der Waals surface area contributed by atoms with Crippen molar-refractivity contribution in [2.75, 3.05) is 5.73 Å². The van der Waals surface area contributed by atoms with Gasteiger partial charge in [0.05, 0.1) is 5.56 Å². The number of carbonyl (C=O) groups excluding carboxylic acids is 1. The fraction of sp³-hybridized carbons (Fsp3) is 0. The van der Waals surface area contributed by atoms with Crippen LogP contribution in [0.2, 0.25) is 5.02 Å². The number of aromatic nitrogens is 1. The topological polar surface area (TPSA) is 56.0 Å². The summed E-state index contributed by atoms with van der Waals surface area (Å²) >= 11 is 5.79. The molecule has 2 rings (SSSR count). The number of rotatable bonds is 2. The summed E-state index contributed by atoms with van der Waals surface area (Å²) in [5.74, 6) is 0.243. The molecule has 2 aromatic rings. The first-order valence-electron chi connectivity index (χ1n) is 4.67. The second-order valence-corrected chi connectivity index (χ2v) is 3.76. The number of nitrogens with two attached hydrogens (primary N) is 1. The summed E-state index contributed by atoms with van der Waals surface area (Å²) in [6.45, 7) is 0. The van der Waals surface area contributed by atoms with Crippen molar-refractivity contribution in [2.45, 2.75) is 0 Å². The SMILES string of the molecule is Nc1ncc(-c2ccc(Cl)cc2)cc1C=O. The zero-order valence-corrected chi connectivity index (χ0v) is 9.11. The minimum Gasteiger partial charge on any atom is -0.383 e. The van der Waals surface area contributed by atoms with Crippen molar-refractivity contribution in [2.24, 2.45) is 0 Å². The monoisotopic (exact) mass is 232 g/mol. The third-order valence-corrected chi connectivity index (χ3v) is 2.51. The van der Waals surface area contributed by atoms with E-state index in [1.54, 1.807) is 24.4 Å². The van der Waals surface area contributed by atoms with Gasteiger partial charge in [0.2, 0.25) is 0 Å². The van der Waals surface area contributed by atoms with Crippen LogP contribution < -0.4 is 5.73 Å². The van der Waals surface area contributed by atoms with Crippen LogP contribution in [0.3, 0.4) is 0 Å². The highest BCUT2D eigenvalue weighted by Crippen LogP contribution is 2.22. The molecule has 0 radical (unpaired) electrons.